The fourth-order valence-electron chi connectivity index (χ4n) is 2.46. The Labute approximate surface area is 123 Å². The first kappa shape index (κ1) is 14.5. The van der Waals surface area contributed by atoms with Crippen molar-refractivity contribution in [1.29, 1.82) is 0 Å². The first-order valence-electron chi connectivity index (χ1n) is 6.57. The quantitative estimate of drug-likeness (QED) is 0.838. The number of nitrogen functional groups attached to an aromatic ring is 1. The molecule has 2 unspecified atom stereocenters. The van der Waals surface area contributed by atoms with Crippen LogP contribution in [0, 0.1) is 0 Å². The van der Waals surface area contributed by atoms with Crippen LogP contribution in [0.1, 0.15) is 36.5 Å². The summed E-state index contributed by atoms with van der Waals surface area (Å²) in [6, 6.07) is 5.25. The molecule has 1 fully saturated rings. The number of benzene rings is 1. The molecule has 19 heavy (non-hydrogen) atoms. The summed E-state index contributed by atoms with van der Waals surface area (Å²) in [5.74, 6) is 1.04. The standard InChI is InChI=1S/C14H19ClN2OS/c1-2-19-11-5-4-10(8-11)17-14(18)12-6-3-9(15)7-13(12)16/h3,6-7,10-11H,2,4-5,8,16H2,1H3,(H,17,18). The van der Waals surface area contributed by atoms with E-state index >= 15 is 0 Å². The molecule has 0 saturated heterocycles. The number of nitrogens with two attached hydrogens (primary N) is 1. The first-order valence-corrected chi connectivity index (χ1v) is 8.00. The highest BCUT2D eigenvalue weighted by atomic mass is 35.5. The monoisotopic (exact) mass is 298 g/mol. The molecular weight excluding hydrogens is 280 g/mol. The van der Waals surface area contributed by atoms with Crippen molar-refractivity contribution >= 4 is 35.0 Å². The molecule has 0 heterocycles. The lowest BCUT2D eigenvalue weighted by molar-refractivity contribution is 0.0939. The molecule has 0 aromatic heterocycles. The number of anilines is 1. The minimum Gasteiger partial charge on any atom is -0.398 e. The molecule has 0 radical (unpaired) electrons. The van der Waals surface area contributed by atoms with Crippen molar-refractivity contribution in [3.8, 4) is 0 Å². The zero-order valence-electron chi connectivity index (χ0n) is 11.0. The van der Waals surface area contributed by atoms with E-state index in [4.69, 9.17) is 17.3 Å². The molecule has 1 aromatic carbocycles. The molecule has 1 aliphatic carbocycles. The Hall–Kier alpha value is -0.870. The highest BCUT2D eigenvalue weighted by Gasteiger charge is 2.26. The van der Waals surface area contributed by atoms with Crippen LogP contribution in [0.3, 0.4) is 0 Å². The summed E-state index contributed by atoms with van der Waals surface area (Å²) < 4.78 is 0. The van der Waals surface area contributed by atoms with Gasteiger partial charge in [-0.2, -0.15) is 11.8 Å². The van der Waals surface area contributed by atoms with E-state index in [-0.39, 0.29) is 11.9 Å². The van der Waals surface area contributed by atoms with E-state index in [1.807, 2.05) is 11.8 Å². The summed E-state index contributed by atoms with van der Waals surface area (Å²) in [6.07, 6.45) is 3.29. The van der Waals surface area contributed by atoms with Crippen LogP contribution in [0.4, 0.5) is 5.69 Å². The van der Waals surface area contributed by atoms with Crippen LogP contribution in [0.15, 0.2) is 18.2 Å². The van der Waals surface area contributed by atoms with E-state index in [0.29, 0.717) is 21.5 Å². The van der Waals surface area contributed by atoms with Crippen LogP contribution in [0.2, 0.25) is 5.02 Å². The second kappa shape index (κ2) is 6.53. The van der Waals surface area contributed by atoms with Crippen LogP contribution in [-0.2, 0) is 0 Å². The summed E-state index contributed by atoms with van der Waals surface area (Å²) in [7, 11) is 0. The number of nitrogens with one attached hydrogen (secondary N) is 1. The second-order valence-electron chi connectivity index (χ2n) is 4.79. The Morgan fingerprint density at radius 1 is 1.53 bits per heavy atom. The van der Waals surface area contributed by atoms with Gasteiger partial charge in [-0.3, -0.25) is 4.79 Å². The SMILES string of the molecule is CCSC1CCC(NC(=O)c2ccc(Cl)cc2N)C1. The number of rotatable bonds is 4. The molecule has 1 aliphatic rings. The van der Waals surface area contributed by atoms with Crippen molar-refractivity contribution in [3.63, 3.8) is 0 Å². The molecule has 0 bridgehead atoms. The lowest BCUT2D eigenvalue weighted by atomic mass is 10.1. The Bertz CT molecular complexity index is 467. The topological polar surface area (TPSA) is 55.1 Å². The van der Waals surface area contributed by atoms with Gasteiger partial charge in [0.25, 0.3) is 5.91 Å². The summed E-state index contributed by atoms with van der Waals surface area (Å²) >= 11 is 7.81. The molecule has 5 heteroatoms. The number of hydrogen-bond acceptors (Lipinski definition) is 3. The lowest BCUT2D eigenvalue weighted by Gasteiger charge is -2.14. The largest absolute Gasteiger partial charge is 0.398 e. The predicted octanol–water partition coefficient (Wildman–Crippen LogP) is 3.33. The van der Waals surface area contributed by atoms with Crippen LogP contribution in [0.25, 0.3) is 0 Å². The van der Waals surface area contributed by atoms with E-state index in [2.05, 4.69) is 12.2 Å². The maximum Gasteiger partial charge on any atom is 0.253 e. The molecule has 1 aromatic rings. The lowest BCUT2D eigenvalue weighted by Crippen LogP contribution is -2.33. The number of halogens is 1. The van der Waals surface area contributed by atoms with Gasteiger partial charge < -0.3 is 11.1 Å². The summed E-state index contributed by atoms with van der Waals surface area (Å²) in [4.78, 5) is 12.2. The van der Waals surface area contributed by atoms with Gasteiger partial charge >= 0.3 is 0 Å². The molecule has 0 spiro atoms. The molecule has 3 N–H and O–H groups in total. The average Bonchev–Trinajstić information content (AvgIpc) is 2.76. The van der Waals surface area contributed by atoms with E-state index in [0.717, 1.165) is 18.6 Å². The fraction of sp³-hybridized carbons (Fsp3) is 0.500. The molecule has 0 aliphatic heterocycles. The molecular formula is C14H19ClN2OS. The van der Waals surface area contributed by atoms with Gasteiger partial charge in [0.2, 0.25) is 0 Å². The van der Waals surface area contributed by atoms with Crippen molar-refractivity contribution in [2.75, 3.05) is 11.5 Å². The van der Waals surface area contributed by atoms with Crippen LogP contribution in [0.5, 0.6) is 0 Å². The second-order valence-corrected chi connectivity index (χ2v) is 6.81. The Morgan fingerprint density at radius 3 is 3.00 bits per heavy atom. The molecule has 1 saturated carbocycles. The third kappa shape index (κ3) is 3.80. The van der Waals surface area contributed by atoms with Crippen molar-refractivity contribution in [2.45, 2.75) is 37.5 Å². The smallest absolute Gasteiger partial charge is 0.253 e. The predicted molar refractivity (Wildman–Crippen MR) is 82.9 cm³/mol. The van der Waals surface area contributed by atoms with Crippen molar-refractivity contribution in [1.82, 2.24) is 5.32 Å². The van der Waals surface area contributed by atoms with Crippen LogP contribution in [-0.4, -0.2) is 23.0 Å². The van der Waals surface area contributed by atoms with Crippen LogP contribution < -0.4 is 11.1 Å². The Morgan fingerprint density at radius 2 is 2.32 bits per heavy atom. The van der Waals surface area contributed by atoms with E-state index < -0.39 is 0 Å². The average molecular weight is 299 g/mol. The molecule has 2 rings (SSSR count). The number of amides is 1. The van der Waals surface area contributed by atoms with Gasteiger partial charge in [0.15, 0.2) is 0 Å². The van der Waals surface area contributed by atoms with Gasteiger partial charge in [0.05, 0.1) is 5.56 Å². The molecule has 104 valence electrons. The van der Waals surface area contributed by atoms with Crippen molar-refractivity contribution < 1.29 is 4.79 Å². The number of thioether (sulfide) groups is 1. The highest BCUT2D eigenvalue weighted by molar-refractivity contribution is 7.99. The van der Waals surface area contributed by atoms with E-state index in [1.165, 1.54) is 6.42 Å². The number of hydrogen-bond donors (Lipinski definition) is 2. The highest BCUT2D eigenvalue weighted by Crippen LogP contribution is 2.30. The van der Waals surface area contributed by atoms with Crippen molar-refractivity contribution in [2.24, 2.45) is 0 Å². The summed E-state index contributed by atoms with van der Waals surface area (Å²) in [5, 5.41) is 4.30. The van der Waals surface area contributed by atoms with Gasteiger partial charge in [-0.1, -0.05) is 18.5 Å². The Kier molecular flexibility index (Phi) is 4.99. The maximum absolute atomic E-state index is 12.2. The van der Waals surface area contributed by atoms with Crippen LogP contribution >= 0.6 is 23.4 Å². The zero-order valence-corrected chi connectivity index (χ0v) is 12.6. The van der Waals surface area contributed by atoms with Gasteiger partial charge in [-0.25, -0.2) is 0 Å². The number of carbonyl (C=O) groups is 1. The molecule has 1 amide bonds. The number of carbonyl (C=O) groups excluding carboxylic acids is 1. The normalized spacial score (nSPS) is 22.4. The first-order chi connectivity index (χ1) is 9.10. The van der Waals surface area contributed by atoms with E-state index in [1.54, 1.807) is 18.2 Å². The Balaban J connectivity index is 1.94. The molecule has 2 atom stereocenters. The van der Waals surface area contributed by atoms with Gasteiger partial charge in [-0.15, -0.1) is 0 Å². The summed E-state index contributed by atoms with van der Waals surface area (Å²) in [5.41, 5.74) is 6.77. The third-order valence-corrected chi connectivity index (χ3v) is 4.85. The minimum absolute atomic E-state index is 0.0960. The fourth-order valence-corrected chi connectivity index (χ4v) is 3.78. The van der Waals surface area contributed by atoms with Gasteiger partial charge in [0, 0.05) is 22.0 Å². The van der Waals surface area contributed by atoms with E-state index in [9.17, 15) is 4.79 Å². The molecule has 3 nitrogen and oxygen atoms in total. The zero-order chi connectivity index (χ0) is 13.8. The van der Waals surface area contributed by atoms with Gasteiger partial charge in [-0.05, 0) is 43.2 Å². The minimum atomic E-state index is -0.0960. The third-order valence-electron chi connectivity index (χ3n) is 3.38. The maximum atomic E-state index is 12.2. The van der Waals surface area contributed by atoms with Gasteiger partial charge in [0.1, 0.15) is 0 Å². The summed E-state index contributed by atoms with van der Waals surface area (Å²) in [6.45, 7) is 2.17. The van der Waals surface area contributed by atoms with Crippen molar-refractivity contribution in [3.05, 3.63) is 28.8 Å².